The van der Waals surface area contributed by atoms with Crippen LogP contribution in [0.5, 0.6) is 0 Å². The van der Waals surface area contributed by atoms with Crippen LogP contribution in [0.3, 0.4) is 0 Å². The Kier molecular flexibility index (Phi) is 9.51. The molecule has 150 valence electrons. The Morgan fingerprint density at radius 3 is 2.23 bits per heavy atom. The molecule has 1 aliphatic carbocycles. The van der Waals surface area contributed by atoms with Gasteiger partial charge in [0.15, 0.2) is 0 Å². The van der Waals surface area contributed by atoms with E-state index in [1.54, 1.807) is 6.07 Å². The van der Waals surface area contributed by atoms with Gasteiger partial charge in [0.25, 0.3) is 0 Å². The summed E-state index contributed by atoms with van der Waals surface area (Å²) >= 11 is 6.26. The fourth-order valence-electron chi connectivity index (χ4n) is 4.16. The number of rotatable bonds is 3. The fourth-order valence-corrected chi connectivity index (χ4v) is 4.50. The van der Waals surface area contributed by atoms with Crippen molar-refractivity contribution in [2.45, 2.75) is 44.3 Å². The van der Waals surface area contributed by atoms with Crippen LogP contribution in [0.15, 0.2) is 18.2 Å². The van der Waals surface area contributed by atoms with Gasteiger partial charge in [0.05, 0.1) is 10.6 Å². The highest BCUT2D eigenvalue weighted by molar-refractivity contribution is 6.32. The molecule has 2 aliphatic rings. The predicted molar refractivity (Wildman–Crippen MR) is 105 cm³/mol. The molecule has 0 bridgehead atoms. The number of hydrogen-bond donors (Lipinski definition) is 1. The van der Waals surface area contributed by atoms with Crippen molar-refractivity contribution in [1.82, 2.24) is 10.2 Å². The van der Waals surface area contributed by atoms with E-state index in [1.165, 1.54) is 12.5 Å². The van der Waals surface area contributed by atoms with Gasteiger partial charge in [-0.2, -0.15) is 13.2 Å². The topological polar surface area (TPSA) is 15.3 Å². The van der Waals surface area contributed by atoms with Crippen molar-refractivity contribution < 1.29 is 13.2 Å². The fraction of sp³-hybridized carbons (Fsp3) is 0.667. The summed E-state index contributed by atoms with van der Waals surface area (Å²) in [7, 11) is 0. The Balaban J connectivity index is 0.00000169. The average Bonchev–Trinajstić information content (AvgIpc) is 2.58. The minimum Gasteiger partial charge on any atom is -0.314 e. The van der Waals surface area contributed by atoms with Crippen LogP contribution in [-0.2, 0) is 6.18 Å². The second-order valence-corrected chi connectivity index (χ2v) is 7.21. The zero-order valence-corrected chi connectivity index (χ0v) is 16.9. The highest BCUT2D eigenvalue weighted by Crippen LogP contribution is 2.44. The van der Waals surface area contributed by atoms with E-state index >= 15 is 0 Å². The Labute approximate surface area is 170 Å². The third-order valence-electron chi connectivity index (χ3n) is 5.29. The summed E-state index contributed by atoms with van der Waals surface area (Å²) in [5.41, 5.74) is -0.0575. The lowest BCUT2D eigenvalue weighted by atomic mass is 9.79. The van der Waals surface area contributed by atoms with Gasteiger partial charge in [-0.05, 0) is 30.4 Å². The molecule has 0 unspecified atom stereocenters. The highest BCUT2D eigenvalue weighted by atomic mass is 35.5. The van der Waals surface area contributed by atoms with Crippen LogP contribution in [0.25, 0.3) is 0 Å². The molecule has 0 amide bonds. The van der Waals surface area contributed by atoms with Gasteiger partial charge in [0.2, 0.25) is 0 Å². The quantitative estimate of drug-likeness (QED) is 0.655. The molecule has 1 heterocycles. The first-order chi connectivity index (χ1) is 11.5. The standard InChI is InChI=1S/C18H24ClF3N2.2ClH/c19-16-14(7-4-8-15(16)18(20,21)22)17(13-5-2-1-3-6-13)24-11-9-23-10-12-24;;/h4,7-8,13,17,23H,1-3,5-6,9-12H2;2*1H/t17-;;/m1../s1. The Morgan fingerprint density at radius 1 is 1.04 bits per heavy atom. The average molecular weight is 434 g/mol. The number of hydrogen-bond acceptors (Lipinski definition) is 2. The van der Waals surface area contributed by atoms with E-state index in [4.69, 9.17) is 11.6 Å². The van der Waals surface area contributed by atoms with Crippen LogP contribution in [0.2, 0.25) is 5.02 Å². The van der Waals surface area contributed by atoms with E-state index in [0.717, 1.165) is 57.9 Å². The number of nitrogens with one attached hydrogen (secondary N) is 1. The zero-order valence-electron chi connectivity index (χ0n) is 14.5. The van der Waals surface area contributed by atoms with Gasteiger partial charge in [-0.15, -0.1) is 24.8 Å². The second-order valence-electron chi connectivity index (χ2n) is 6.84. The molecule has 0 radical (unpaired) electrons. The Bertz CT molecular complexity index is 539. The van der Waals surface area contributed by atoms with Crippen LogP contribution in [0.1, 0.15) is 49.3 Å². The molecule has 0 aromatic heterocycles. The number of alkyl halides is 3. The van der Waals surface area contributed by atoms with Crippen LogP contribution < -0.4 is 5.32 Å². The van der Waals surface area contributed by atoms with Crippen molar-refractivity contribution in [3.8, 4) is 0 Å². The van der Waals surface area contributed by atoms with Gasteiger partial charge in [-0.25, -0.2) is 0 Å². The van der Waals surface area contributed by atoms with E-state index in [0.29, 0.717) is 11.5 Å². The molecule has 1 saturated heterocycles. The van der Waals surface area contributed by atoms with Crippen molar-refractivity contribution in [2.24, 2.45) is 5.92 Å². The first-order valence-corrected chi connectivity index (χ1v) is 9.16. The molecule has 2 nitrogen and oxygen atoms in total. The van der Waals surface area contributed by atoms with Crippen molar-refractivity contribution >= 4 is 36.4 Å². The molecule has 1 aromatic carbocycles. The van der Waals surface area contributed by atoms with Crippen molar-refractivity contribution in [3.05, 3.63) is 34.3 Å². The summed E-state index contributed by atoms with van der Waals surface area (Å²) < 4.78 is 39.8. The first-order valence-electron chi connectivity index (χ1n) is 8.79. The first kappa shape index (κ1) is 23.8. The van der Waals surface area contributed by atoms with Gasteiger partial charge in [0.1, 0.15) is 0 Å². The molecule has 1 aromatic rings. The third kappa shape index (κ3) is 5.41. The van der Waals surface area contributed by atoms with Gasteiger partial charge in [-0.3, -0.25) is 4.90 Å². The molecular formula is C18H26Cl3F3N2. The monoisotopic (exact) mass is 432 g/mol. The SMILES string of the molecule is Cl.Cl.FC(F)(F)c1cccc([C@@H](C2CCCCC2)N2CCNCC2)c1Cl. The summed E-state index contributed by atoms with van der Waals surface area (Å²) in [5.74, 6) is 0.387. The lowest BCUT2D eigenvalue weighted by Crippen LogP contribution is -2.47. The molecule has 8 heteroatoms. The maximum absolute atomic E-state index is 13.3. The largest absolute Gasteiger partial charge is 0.417 e. The maximum Gasteiger partial charge on any atom is 0.417 e. The summed E-state index contributed by atoms with van der Waals surface area (Å²) in [4.78, 5) is 2.33. The number of nitrogens with zero attached hydrogens (tertiary/aromatic N) is 1. The predicted octanol–water partition coefficient (Wildman–Crippen LogP) is 5.73. The van der Waals surface area contributed by atoms with E-state index < -0.39 is 11.7 Å². The molecule has 3 rings (SSSR count). The van der Waals surface area contributed by atoms with E-state index in [9.17, 15) is 13.2 Å². The normalized spacial score (nSPS) is 20.8. The summed E-state index contributed by atoms with van der Waals surface area (Å²) in [5, 5.41) is 3.21. The van der Waals surface area contributed by atoms with Gasteiger partial charge >= 0.3 is 6.18 Å². The van der Waals surface area contributed by atoms with E-state index in [-0.39, 0.29) is 35.9 Å². The second kappa shape index (κ2) is 10.4. The van der Waals surface area contributed by atoms with Gasteiger partial charge < -0.3 is 5.32 Å². The third-order valence-corrected chi connectivity index (χ3v) is 5.72. The van der Waals surface area contributed by atoms with Gasteiger partial charge in [0, 0.05) is 32.2 Å². The Morgan fingerprint density at radius 2 is 1.65 bits per heavy atom. The lowest BCUT2D eigenvalue weighted by Gasteiger charge is -2.41. The van der Waals surface area contributed by atoms with E-state index in [1.807, 2.05) is 0 Å². The van der Waals surface area contributed by atoms with E-state index in [2.05, 4.69) is 10.2 Å². The molecule has 0 spiro atoms. The molecule has 26 heavy (non-hydrogen) atoms. The molecule has 2 fully saturated rings. The maximum atomic E-state index is 13.3. The summed E-state index contributed by atoms with van der Waals surface area (Å²) in [6.07, 6.45) is 1.27. The summed E-state index contributed by atoms with van der Waals surface area (Å²) in [6.45, 7) is 3.46. The van der Waals surface area contributed by atoms with Crippen molar-refractivity contribution in [2.75, 3.05) is 26.2 Å². The molecule has 1 N–H and O–H groups in total. The van der Waals surface area contributed by atoms with Crippen LogP contribution in [0.4, 0.5) is 13.2 Å². The van der Waals surface area contributed by atoms with Crippen LogP contribution in [-0.4, -0.2) is 31.1 Å². The molecule has 1 aliphatic heterocycles. The van der Waals surface area contributed by atoms with Crippen molar-refractivity contribution in [1.29, 1.82) is 0 Å². The number of benzene rings is 1. The highest BCUT2D eigenvalue weighted by Gasteiger charge is 2.37. The molecular weight excluding hydrogens is 408 g/mol. The smallest absolute Gasteiger partial charge is 0.314 e. The van der Waals surface area contributed by atoms with Crippen molar-refractivity contribution in [3.63, 3.8) is 0 Å². The summed E-state index contributed by atoms with van der Waals surface area (Å²) in [6, 6.07) is 4.37. The number of piperazine rings is 1. The number of halogens is 6. The minimum atomic E-state index is -4.41. The van der Waals surface area contributed by atoms with Gasteiger partial charge in [-0.1, -0.05) is 43.0 Å². The molecule has 1 saturated carbocycles. The van der Waals surface area contributed by atoms with Crippen LogP contribution in [0, 0.1) is 5.92 Å². The lowest BCUT2D eigenvalue weighted by molar-refractivity contribution is -0.137. The Hall–Kier alpha value is -0.200. The minimum absolute atomic E-state index is 0. The molecule has 1 atom stereocenters. The van der Waals surface area contributed by atoms with Crippen LogP contribution >= 0.6 is 36.4 Å². The zero-order chi connectivity index (χ0) is 17.2.